The quantitative estimate of drug-likeness (QED) is 0.202. The van der Waals surface area contributed by atoms with Crippen LogP contribution in [0.15, 0.2) is 54.9 Å². The fraction of sp³-hybridized carbons (Fsp3) is 0.441. The van der Waals surface area contributed by atoms with Crippen LogP contribution in [-0.2, 0) is 17.0 Å². The van der Waals surface area contributed by atoms with Gasteiger partial charge in [0.15, 0.2) is 0 Å². The summed E-state index contributed by atoms with van der Waals surface area (Å²) < 4.78 is 13.3. The van der Waals surface area contributed by atoms with Gasteiger partial charge in [-0.15, -0.1) is 10.3 Å². The summed E-state index contributed by atoms with van der Waals surface area (Å²) >= 11 is 0. The maximum absolute atomic E-state index is 10.3. The van der Waals surface area contributed by atoms with Gasteiger partial charge in [-0.3, -0.25) is 4.98 Å². The number of hydrogen-bond acceptors (Lipinski definition) is 6. The highest BCUT2D eigenvalue weighted by Gasteiger charge is 2.33. The monoisotopic (exact) mass is 588 g/mol. The zero-order valence-electron chi connectivity index (χ0n) is 25.7. The number of anilines is 3. The predicted octanol–water partition coefficient (Wildman–Crippen LogP) is 7.20. The molecule has 2 aliphatic rings. The van der Waals surface area contributed by atoms with Crippen molar-refractivity contribution >= 4 is 38.3 Å². The summed E-state index contributed by atoms with van der Waals surface area (Å²) in [6.45, 7) is 11.1. The second-order valence-electron chi connectivity index (χ2n) is 13.0. The zero-order chi connectivity index (χ0) is 29.6. The topological polar surface area (TPSA) is 82.6 Å². The normalized spacial score (nSPS) is 19.0. The predicted molar refractivity (Wildman–Crippen MR) is 176 cm³/mol. The van der Waals surface area contributed by atoms with E-state index in [9.17, 15) is 5.11 Å². The molecule has 4 aromatic rings. The maximum atomic E-state index is 10.3. The zero-order valence-corrected chi connectivity index (χ0v) is 26.5. The summed E-state index contributed by atoms with van der Waals surface area (Å²) in [7, 11) is -1.27. The maximum Gasteiger partial charge on any atom is 0.145 e. The van der Waals surface area contributed by atoms with E-state index in [4.69, 9.17) is 8.92 Å². The van der Waals surface area contributed by atoms with Crippen molar-refractivity contribution in [2.75, 3.05) is 42.4 Å². The molecule has 3 heterocycles. The summed E-state index contributed by atoms with van der Waals surface area (Å²) in [5.41, 5.74) is 8.76. The molecule has 0 fully saturated rings. The number of pyridine rings is 1. The highest BCUT2D eigenvalue weighted by atomic mass is 32.3. The highest BCUT2D eigenvalue weighted by molar-refractivity contribution is 8.29. The minimum absolute atomic E-state index is 0.0765. The van der Waals surface area contributed by atoms with Crippen LogP contribution in [0.4, 0.5) is 17.1 Å². The van der Waals surface area contributed by atoms with E-state index in [-0.39, 0.29) is 10.9 Å². The van der Waals surface area contributed by atoms with Gasteiger partial charge in [0.05, 0.1) is 30.6 Å². The number of benzene rings is 2. The van der Waals surface area contributed by atoms with E-state index in [2.05, 4.69) is 103 Å². The first-order chi connectivity index (χ1) is 20.0. The SMILES string of the molecule is Cc1cccc2c(CCN3CC(COS(C)(C)C(C)(C)C)Oc4cc(Nc5ccnc6c5CCC6O)ccc43)c[nH]c12. The Morgan fingerprint density at radius 2 is 2.02 bits per heavy atom. The number of fused-ring (bicyclic) bond motifs is 3. The number of H-pyrrole nitrogens is 1. The van der Waals surface area contributed by atoms with Crippen LogP contribution >= 0.6 is 10.3 Å². The van der Waals surface area contributed by atoms with Crippen molar-refractivity contribution in [2.24, 2.45) is 0 Å². The molecule has 0 amide bonds. The van der Waals surface area contributed by atoms with Gasteiger partial charge in [0.1, 0.15) is 11.9 Å². The molecule has 7 nitrogen and oxygen atoms in total. The second kappa shape index (κ2) is 11.1. The van der Waals surface area contributed by atoms with Crippen molar-refractivity contribution in [1.82, 2.24) is 9.97 Å². The Balaban J connectivity index is 1.26. The van der Waals surface area contributed by atoms with Crippen LogP contribution in [0.25, 0.3) is 10.9 Å². The van der Waals surface area contributed by atoms with Gasteiger partial charge in [0, 0.05) is 52.0 Å². The summed E-state index contributed by atoms with van der Waals surface area (Å²) in [5.74, 6) is 0.865. The molecule has 2 unspecified atom stereocenters. The van der Waals surface area contributed by atoms with E-state index in [1.165, 1.54) is 22.0 Å². The standard InChI is InChI=1S/C34H44N4O3S/c1-22-8-7-9-26-23(19-36-32(22)26)15-17-38-20-25(21-40-42(5,6)34(2,3)4)41-31-18-24(10-12-29(31)38)37-28-14-16-35-33-27(28)11-13-30(33)39/h7-10,12,14,16,18-19,25,30,36,39H,11,13,15,17,20-21H2,1-6H3,(H,35,37). The first-order valence-corrected chi connectivity index (χ1v) is 17.3. The molecule has 42 heavy (non-hydrogen) atoms. The van der Waals surface area contributed by atoms with E-state index >= 15 is 0 Å². The number of aliphatic hydroxyl groups excluding tert-OH is 1. The minimum atomic E-state index is -1.27. The van der Waals surface area contributed by atoms with E-state index in [0.717, 1.165) is 60.0 Å². The van der Waals surface area contributed by atoms with Crippen LogP contribution in [0.5, 0.6) is 5.75 Å². The molecule has 2 aromatic carbocycles. The highest BCUT2D eigenvalue weighted by Crippen LogP contribution is 2.54. The number of aromatic nitrogens is 2. The van der Waals surface area contributed by atoms with E-state index in [0.29, 0.717) is 13.0 Å². The van der Waals surface area contributed by atoms with E-state index in [1.54, 1.807) is 6.20 Å². The number of ether oxygens (including phenoxy) is 1. The molecular weight excluding hydrogens is 544 g/mol. The molecule has 6 rings (SSSR count). The lowest BCUT2D eigenvalue weighted by atomic mass is 10.1. The van der Waals surface area contributed by atoms with Gasteiger partial charge < -0.3 is 29.2 Å². The van der Waals surface area contributed by atoms with Crippen molar-refractivity contribution < 1.29 is 14.0 Å². The second-order valence-corrected chi connectivity index (χ2v) is 16.9. The summed E-state index contributed by atoms with van der Waals surface area (Å²) in [5, 5.41) is 15.2. The van der Waals surface area contributed by atoms with Crippen molar-refractivity contribution in [3.63, 3.8) is 0 Å². The summed E-state index contributed by atoms with van der Waals surface area (Å²) in [6, 6.07) is 14.9. The molecule has 224 valence electrons. The molecule has 1 aliphatic heterocycles. The number of aromatic amines is 1. The third-order valence-corrected chi connectivity index (χ3v) is 12.7. The van der Waals surface area contributed by atoms with Gasteiger partial charge in [-0.25, -0.2) is 0 Å². The Bertz CT molecular complexity index is 1590. The van der Waals surface area contributed by atoms with Crippen molar-refractivity contribution in [1.29, 1.82) is 0 Å². The smallest absolute Gasteiger partial charge is 0.145 e. The number of aliphatic hydroxyl groups is 1. The van der Waals surface area contributed by atoms with Gasteiger partial charge in [0.25, 0.3) is 0 Å². The Morgan fingerprint density at radius 3 is 2.83 bits per heavy atom. The van der Waals surface area contributed by atoms with Gasteiger partial charge in [-0.05, 0) is 73.6 Å². The van der Waals surface area contributed by atoms with Crippen LogP contribution in [-0.4, -0.2) is 58.1 Å². The lowest BCUT2D eigenvalue weighted by Crippen LogP contribution is -2.44. The molecule has 2 atom stereocenters. The minimum Gasteiger partial charge on any atom is -0.484 e. The molecule has 2 aromatic heterocycles. The third kappa shape index (κ3) is 5.60. The van der Waals surface area contributed by atoms with Crippen molar-refractivity contribution in [2.45, 2.75) is 63.9 Å². The molecule has 0 bridgehead atoms. The molecule has 0 radical (unpaired) electrons. The number of rotatable bonds is 8. The molecule has 1 aliphatic carbocycles. The molecule has 0 saturated carbocycles. The number of hydrogen-bond donors (Lipinski definition) is 3. The summed E-state index contributed by atoms with van der Waals surface area (Å²) in [6.07, 6.45) is 10.3. The van der Waals surface area contributed by atoms with Crippen molar-refractivity contribution in [3.8, 4) is 5.75 Å². The van der Waals surface area contributed by atoms with Crippen LogP contribution in [0.3, 0.4) is 0 Å². The van der Waals surface area contributed by atoms with Crippen LogP contribution < -0.4 is 15.0 Å². The average Bonchev–Trinajstić information content (AvgIpc) is 3.54. The molecule has 8 heteroatoms. The molecular formula is C34H44N4O3S. The lowest BCUT2D eigenvalue weighted by molar-refractivity contribution is 0.132. The molecule has 0 saturated heterocycles. The van der Waals surface area contributed by atoms with Crippen molar-refractivity contribution in [3.05, 3.63) is 77.2 Å². The Kier molecular flexibility index (Phi) is 7.66. The summed E-state index contributed by atoms with van der Waals surface area (Å²) in [4.78, 5) is 10.4. The first kappa shape index (κ1) is 28.9. The molecule has 3 N–H and O–H groups in total. The van der Waals surface area contributed by atoms with Gasteiger partial charge in [-0.1, -0.05) is 39.0 Å². The average molecular weight is 589 g/mol. The largest absolute Gasteiger partial charge is 0.484 e. The van der Waals surface area contributed by atoms with Gasteiger partial charge in [-0.2, -0.15) is 0 Å². The van der Waals surface area contributed by atoms with Gasteiger partial charge >= 0.3 is 0 Å². The third-order valence-electron chi connectivity index (χ3n) is 9.05. The van der Waals surface area contributed by atoms with Crippen LogP contribution in [0.1, 0.15) is 55.7 Å². The van der Waals surface area contributed by atoms with Crippen LogP contribution in [0, 0.1) is 6.92 Å². The Morgan fingerprint density at radius 1 is 1.19 bits per heavy atom. The van der Waals surface area contributed by atoms with Crippen LogP contribution in [0.2, 0.25) is 0 Å². The van der Waals surface area contributed by atoms with E-state index in [1.807, 2.05) is 6.07 Å². The first-order valence-electron chi connectivity index (χ1n) is 14.9. The number of para-hydroxylation sites is 1. The number of nitrogens with zero attached hydrogens (tertiary/aromatic N) is 2. The molecule has 0 spiro atoms. The van der Waals surface area contributed by atoms with Gasteiger partial charge in [0.2, 0.25) is 0 Å². The fourth-order valence-corrected chi connectivity index (χ4v) is 6.65. The fourth-order valence-electron chi connectivity index (χ4n) is 5.80. The Hall–Kier alpha value is -3.20. The Labute approximate surface area is 251 Å². The number of nitrogens with one attached hydrogen (secondary N) is 2. The van der Waals surface area contributed by atoms with E-state index < -0.39 is 16.4 Å². The number of aryl methyl sites for hydroxylation is 1. The lowest BCUT2D eigenvalue weighted by Gasteiger charge is -2.45.